The van der Waals surface area contributed by atoms with Gasteiger partial charge in [-0.05, 0) is 12.1 Å². The number of carboxylic acids is 1. The molecule has 1 aromatic carbocycles. The number of hydrogen-bond acceptors (Lipinski definition) is 7. The summed E-state index contributed by atoms with van der Waals surface area (Å²) in [5.41, 5.74) is -0.831. The second-order valence-electron chi connectivity index (χ2n) is 7.43. The number of thioether (sulfide) groups is 1. The Bertz CT molecular complexity index is 1130. The summed E-state index contributed by atoms with van der Waals surface area (Å²) >= 11 is 1.46. The molecule has 0 aliphatic carbocycles. The van der Waals surface area contributed by atoms with E-state index in [9.17, 15) is 31.9 Å². The molecule has 0 radical (unpaired) electrons. The summed E-state index contributed by atoms with van der Waals surface area (Å²) in [5, 5.41) is 11.3. The number of carbonyl (C=O) groups excluding carboxylic acids is 2. The first-order valence-corrected chi connectivity index (χ1v) is 10.7. The SMILES string of the molecule is O=C(O)CC(NC(=O)c1cnc2cc(C(F)(F)F)ccc2c1N1CCOC2SC21)C(=O)CF. The Kier molecular flexibility index (Phi) is 6.18. The van der Waals surface area contributed by atoms with Crippen LogP contribution in [0, 0.1) is 0 Å². The molecule has 0 bridgehead atoms. The maximum Gasteiger partial charge on any atom is 0.416 e. The van der Waals surface area contributed by atoms with Crippen LogP contribution in [0.4, 0.5) is 23.2 Å². The van der Waals surface area contributed by atoms with Gasteiger partial charge >= 0.3 is 12.1 Å². The number of anilines is 1. The van der Waals surface area contributed by atoms with E-state index >= 15 is 0 Å². The summed E-state index contributed by atoms with van der Waals surface area (Å²) in [4.78, 5) is 41.7. The maximum atomic E-state index is 13.2. The summed E-state index contributed by atoms with van der Waals surface area (Å²) in [7, 11) is 0. The minimum Gasteiger partial charge on any atom is -0.481 e. The number of Topliss-reactive ketones (excluding diaryl/α,β-unsaturated/α-hetero) is 1. The maximum absolute atomic E-state index is 13.2. The molecule has 1 aromatic heterocycles. The number of carbonyl (C=O) groups is 3. The Hall–Kier alpha value is -2.93. The van der Waals surface area contributed by atoms with E-state index in [4.69, 9.17) is 9.84 Å². The molecule has 2 saturated heterocycles. The molecule has 3 unspecified atom stereocenters. The molecular formula is C20H17F4N3O5S. The van der Waals surface area contributed by atoms with Gasteiger partial charge < -0.3 is 20.1 Å². The van der Waals surface area contributed by atoms with Crippen LogP contribution in [0.15, 0.2) is 24.4 Å². The molecule has 2 N–H and O–H groups in total. The zero-order chi connectivity index (χ0) is 23.9. The van der Waals surface area contributed by atoms with Gasteiger partial charge in [-0.2, -0.15) is 13.2 Å². The first kappa shape index (κ1) is 23.2. The number of amides is 1. The number of morpholine rings is 1. The quantitative estimate of drug-likeness (QED) is 0.453. The Morgan fingerprint density at radius 3 is 2.76 bits per heavy atom. The first-order chi connectivity index (χ1) is 15.6. The van der Waals surface area contributed by atoms with E-state index in [1.165, 1.54) is 17.8 Å². The number of ether oxygens (including phenoxy) is 1. The van der Waals surface area contributed by atoms with Gasteiger partial charge in [-0.15, -0.1) is 0 Å². The fraction of sp³-hybridized carbons (Fsp3) is 0.400. The van der Waals surface area contributed by atoms with Crippen molar-refractivity contribution < 1.29 is 41.8 Å². The molecule has 13 heteroatoms. The molecule has 2 aliphatic rings. The van der Waals surface area contributed by atoms with Gasteiger partial charge in [-0.3, -0.25) is 19.4 Å². The third-order valence-electron chi connectivity index (χ3n) is 5.26. The highest BCUT2D eigenvalue weighted by Gasteiger charge is 2.48. The summed E-state index contributed by atoms with van der Waals surface area (Å²) in [6, 6.07) is 1.37. The average Bonchev–Trinajstić information content (AvgIpc) is 3.56. The normalized spacial score (nSPS) is 20.8. The third kappa shape index (κ3) is 4.74. The van der Waals surface area contributed by atoms with Crippen molar-refractivity contribution in [3.8, 4) is 0 Å². The van der Waals surface area contributed by atoms with Gasteiger partial charge in [0.1, 0.15) is 23.5 Å². The number of halogens is 4. The number of nitrogens with zero attached hydrogens (tertiary/aromatic N) is 2. The molecule has 0 saturated carbocycles. The van der Waals surface area contributed by atoms with Gasteiger partial charge in [0.15, 0.2) is 5.78 Å². The molecule has 2 fully saturated rings. The number of benzene rings is 1. The number of rotatable bonds is 7. The van der Waals surface area contributed by atoms with Crippen LogP contribution in [0.25, 0.3) is 10.9 Å². The molecule has 2 aliphatic heterocycles. The molecule has 176 valence electrons. The molecule has 4 rings (SSSR count). The molecule has 33 heavy (non-hydrogen) atoms. The summed E-state index contributed by atoms with van der Waals surface area (Å²) in [5.74, 6) is -3.41. The molecule has 1 amide bonds. The topological polar surface area (TPSA) is 109 Å². The van der Waals surface area contributed by atoms with Gasteiger partial charge in [-0.1, -0.05) is 17.8 Å². The van der Waals surface area contributed by atoms with Crippen molar-refractivity contribution >= 4 is 46.0 Å². The van der Waals surface area contributed by atoms with Gasteiger partial charge in [0, 0.05) is 18.1 Å². The first-order valence-electron chi connectivity index (χ1n) is 9.75. The van der Waals surface area contributed by atoms with Crippen LogP contribution in [0.3, 0.4) is 0 Å². The van der Waals surface area contributed by atoms with Crippen molar-refractivity contribution in [3.63, 3.8) is 0 Å². The lowest BCUT2D eigenvalue weighted by Crippen LogP contribution is -2.44. The number of nitrogens with one attached hydrogen (secondary N) is 1. The minimum absolute atomic E-state index is 0.00647. The molecule has 3 atom stereocenters. The van der Waals surface area contributed by atoms with E-state index in [1.807, 2.05) is 4.90 Å². The van der Waals surface area contributed by atoms with Gasteiger partial charge in [0.2, 0.25) is 0 Å². The van der Waals surface area contributed by atoms with Crippen LogP contribution in [-0.4, -0.2) is 64.4 Å². The number of aliphatic carboxylic acids is 1. The van der Waals surface area contributed by atoms with Crippen molar-refractivity contribution in [1.82, 2.24) is 10.3 Å². The standard InChI is InChI=1S/C20H17F4N3O5S/c21-7-14(28)13(6-15(29)30)26-17(31)11-8-25-12-5-9(20(22,23)24)1-2-10(12)16(11)27-3-4-32-19-18(27)33-19/h1-2,5,8,13,18-19H,3-4,6-7H2,(H,26,31)(H,29,30). The highest BCUT2D eigenvalue weighted by atomic mass is 32.2. The molecular weight excluding hydrogens is 470 g/mol. The summed E-state index contributed by atoms with van der Waals surface area (Å²) in [6.45, 7) is -0.802. The van der Waals surface area contributed by atoms with Crippen molar-refractivity contribution in [3.05, 3.63) is 35.5 Å². The molecule has 2 aromatic rings. The predicted octanol–water partition coefficient (Wildman–Crippen LogP) is 2.60. The second kappa shape index (κ2) is 8.78. The Labute approximate surface area is 188 Å². The fourth-order valence-electron chi connectivity index (χ4n) is 3.65. The van der Waals surface area contributed by atoms with Crippen LogP contribution in [0.2, 0.25) is 0 Å². The zero-order valence-corrected chi connectivity index (χ0v) is 17.6. The van der Waals surface area contributed by atoms with Crippen molar-refractivity contribution in [1.29, 1.82) is 0 Å². The lowest BCUT2D eigenvalue weighted by Gasteiger charge is -2.30. The van der Waals surface area contributed by atoms with E-state index in [1.54, 1.807) is 0 Å². The van der Waals surface area contributed by atoms with Crippen LogP contribution in [0.5, 0.6) is 0 Å². The lowest BCUT2D eigenvalue weighted by atomic mass is 10.0. The Balaban J connectivity index is 1.78. The van der Waals surface area contributed by atoms with Crippen molar-refractivity contribution in [2.45, 2.75) is 29.4 Å². The van der Waals surface area contributed by atoms with Crippen molar-refractivity contribution in [2.75, 3.05) is 24.7 Å². The fourth-order valence-corrected chi connectivity index (χ4v) is 4.59. The minimum atomic E-state index is -4.58. The number of fused-ring (bicyclic) bond motifs is 2. The van der Waals surface area contributed by atoms with Gasteiger partial charge in [0.05, 0.1) is 35.4 Å². The number of hydrogen-bond donors (Lipinski definition) is 2. The highest BCUT2D eigenvalue weighted by Crippen LogP contribution is 2.50. The number of aromatic nitrogens is 1. The smallest absolute Gasteiger partial charge is 0.416 e. The van der Waals surface area contributed by atoms with Crippen LogP contribution in [-0.2, 0) is 20.5 Å². The van der Waals surface area contributed by atoms with E-state index in [0.29, 0.717) is 13.2 Å². The molecule has 3 heterocycles. The van der Waals surface area contributed by atoms with E-state index in [0.717, 1.165) is 18.3 Å². The Morgan fingerprint density at radius 2 is 2.09 bits per heavy atom. The highest BCUT2D eigenvalue weighted by molar-refractivity contribution is 8.07. The number of pyridine rings is 1. The monoisotopic (exact) mass is 487 g/mol. The Morgan fingerprint density at radius 1 is 1.33 bits per heavy atom. The van der Waals surface area contributed by atoms with Crippen LogP contribution < -0.4 is 10.2 Å². The van der Waals surface area contributed by atoms with Crippen molar-refractivity contribution in [2.24, 2.45) is 0 Å². The summed E-state index contributed by atoms with van der Waals surface area (Å²) in [6.07, 6.45) is -4.33. The zero-order valence-electron chi connectivity index (χ0n) is 16.8. The lowest BCUT2D eigenvalue weighted by molar-refractivity contribution is -0.139. The van der Waals surface area contributed by atoms with Gasteiger partial charge in [0.25, 0.3) is 5.91 Å². The average molecular weight is 487 g/mol. The second-order valence-corrected chi connectivity index (χ2v) is 8.65. The number of alkyl halides is 4. The predicted molar refractivity (Wildman–Crippen MR) is 110 cm³/mol. The van der Waals surface area contributed by atoms with Crippen LogP contribution >= 0.6 is 11.8 Å². The molecule has 0 spiro atoms. The van der Waals surface area contributed by atoms with Gasteiger partial charge in [-0.25, -0.2) is 4.39 Å². The molecule has 8 nitrogen and oxygen atoms in total. The largest absolute Gasteiger partial charge is 0.481 e. The van der Waals surface area contributed by atoms with E-state index in [2.05, 4.69) is 10.3 Å². The summed E-state index contributed by atoms with van der Waals surface area (Å²) < 4.78 is 57.9. The third-order valence-corrected chi connectivity index (χ3v) is 6.38. The van der Waals surface area contributed by atoms with E-state index < -0.39 is 48.5 Å². The van der Waals surface area contributed by atoms with Crippen LogP contribution in [0.1, 0.15) is 22.3 Å². The number of ketones is 1. The number of carboxylic acid groups (broad SMARTS) is 1. The van der Waals surface area contributed by atoms with E-state index in [-0.39, 0.29) is 33.0 Å².